The number of halogens is 8. The van der Waals surface area contributed by atoms with Crippen LogP contribution in [0.25, 0.3) is 0 Å². The van der Waals surface area contributed by atoms with E-state index in [0.717, 1.165) is 0 Å². The van der Waals surface area contributed by atoms with Gasteiger partial charge < -0.3 is 19.8 Å². The molecule has 0 amide bonds. The number of aliphatic hydroxyl groups excluding tert-OH is 1. The third-order valence-electron chi connectivity index (χ3n) is 3.00. The van der Waals surface area contributed by atoms with Crippen LogP contribution >= 0.6 is 15.8 Å². The first-order valence-electron chi connectivity index (χ1n) is 8.48. The van der Waals surface area contributed by atoms with Gasteiger partial charge in [0.1, 0.15) is 0 Å². The van der Waals surface area contributed by atoms with E-state index < -0.39 is 15.8 Å². The minimum absolute atomic E-state index is 0. The Bertz CT molecular complexity index is 561. The monoisotopic (exact) mass is 570 g/mol. The van der Waals surface area contributed by atoms with Gasteiger partial charge in [-0.05, 0) is 35.0 Å². The number of carbonyl (C=O) groups is 1. The van der Waals surface area contributed by atoms with Crippen molar-refractivity contribution in [3.8, 4) is 0 Å². The number of likely N-dealkylation sites (N-methyl/N-ethyl adjacent to an activating group) is 3. The van der Waals surface area contributed by atoms with Crippen LogP contribution in [-0.4, -0.2) is 90.9 Å². The van der Waals surface area contributed by atoms with E-state index in [1.165, 1.54) is 59.2 Å². The maximum atomic E-state index is 10.1. The first-order chi connectivity index (χ1) is 13.3. The van der Waals surface area contributed by atoms with Gasteiger partial charge in [0.05, 0.1) is 5.76 Å². The minimum Gasteiger partial charge on any atom is -0.296 e. The van der Waals surface area contributed by atoms with Crippen molar-refractivity contribution in [3.05, 3.63) is 11.8 Å². The van der Waals surface area contributed by atoms with Crippen LogP contribution < -0.4 is 0 Å². The zero-order valence-corrected chi connectivity index (χ0v) is 21.3. The third-order valence-corrected chi connectivity index (χ3v) is 3.00. The summed E-state index contributed by atoms with van der Waals surface area (Å²) in [6.45, 7) is 10.0. The van der Waals surface area contributed by atoms with Crippen molar-refractivity contribution in [2.75, 3.05) is 60.4 Å². The normalized spacial score (nSPS) is 19.2. The molecule has 0 aromatic heterocycles. The van der Waals surface area contributed by atoms with Gasteiger partial charge in [0.15, 0.2) is 5.78 Å². The molecule has 0 saturated carbocycles. The topological polar surface area (TPSA) is 84.3 Å². The van der Waals surface area contributed by atoms with Crippen molar-refractivity contribution < 1.29 is 70.3 Å². The molecule has 32 heavy (non-hydrogen) atoms. The number of hydrogen-bond acceptors (Lipinski definition) is 6. The average molecular weight is 570 g/mol. The fraction of sp³-hybridized carbons (Fsp3) is 0.786. The Kier molecular flexibility index (Phi) is 18.0. The molecule has 2 N–H and O–H groups in total. The van der Waals surface area contributed by atoms with Crippen LogP contribution in [0, 0.1) is 0 Å². The summed E-state index contributed by atoms with van der Waals surface area (Å²) in [5.74, 6) is -0.0625. The Morgan fingerprint density at radius 3 is 1.03 bits per heavy atom. The number of ketones is 1. The summed E-state index contributed by atoms with van der Waals surface area (Å²) in [5, 5.41) is 8.36. The van der Waals surface area contributed by atoms with Crippen molar-refractivity contribution in [2.24, 2.45) is 0 Å². The van der Waals surface area contributed by atoms with Gasteiger partial charge in [0.2, 0.25) is 0 Å². The molecule has 1 heterocycles. The standard InChI is InChI=1S/C9H21N3.C5H8O2.Cr.F6P.F2HO2P/c1-10-4-6-11(2)8-9-12(3)7-5-10;1-4(6)3-5(2)7;;1-7(2,3,4,5)6;1-5(2,3)4/h4-9H2,1-3H3;3,6H,1-2H3;;;(H,3,4)/q;;;-1;/b;4-3-;;;. The maximum absolute atomic E-state index is 10.7. The van der Waals surface area contributed by atoms with E-state index in [0.29, 0.717) is 0 Å². The summed E-state index contributed by atoms with van der Waals surface area (Å²) < 4.78 is 87.9. The quantitative estimate of drug-likeness (QED) is 0.193. The molecule has 1 fully saturated rings. The van der Waals surface area contributed by atoms with Crippen molar-refractivity contribution >= 4 is 21.6 Å². The van der Waals surface area contributed by atoms with Crippen molar-refractivity contribution in [1.29, 1.82) is 0 Å². The van der Waals surface area contributed by atoms with Crippen LogP contribution in [0.3, 0.4) is 0 Å². The molecule has 0 aromatic carbocycles. The molecule has 1 rings (SSSR count). The molecule has 0 bridgehead atoms. The molecule has 0 radical (unpaired) electrons. The van der Waals surface area contributed by atoms with Gasteiger partial charge in [-0.2, -0.15) is 0 Å². The molecule has 18 heteroatoms. The predicted octanol–water partition coefficient (Wildman–Crippen LogP) is 5.24. The van der Waals surface area contributed by atoms with Gasteiger partial charge in [-0.25, -0.2) is 4.57 Å². The van der Waals surface area contributed by atoms with Crippen LogP contribution in [-0.2, 0) is 26.7 Å². The number of carbonyl (C=O) groups excluding carboxylic acids is 1. The van der Waals surface area contributed by atoms with E-state index in [-0.39, 0.29) is 28.9 Å². The van der Waals surface area contributed by atoms with E-state index in [1.807, 2.05) is 0 Å². The van der Waals surface area contributed by atoms with Crippen molar-refractivity contribution in [1.82, 2.24) is 14.7 Å². The Morgan fingerprint density at radius 2 is 0.969 bits per heavy atom. The molecule has 1 saturated heterocycles. The number of aliphatic hydroxyl groups is 1. The molecular formula is C14H30CrF8N3O4P2-. The van der Waals surface area contributed by atoms with Gasteiger partial charge in [0, 0.05) is 62.7 Å². The average Bonchev–Trinajstić information content (AvgIpc) is 2.48. The summed E-state index contributed by atoms with van der Waals surface area (Å²) in [5.41, 5.74) is 0. The predicted molar refractivity (Wildman–Crippen MR) is 105 cm³/mol. The van der Waals surface area contributed by atoms with Crippen LogP contribution in [0.5, 0.6) is 0 Å². The third kappa shape index (κ3) is 70.0. The second-order valence-electron chi connectivity index (χ2n) is 6.70. The number of rotatable bonds is 1. The first kappa shape index (κ1) is 38.9. The summed E-state index contributed by atoms with van der Waals surface area (Å²) in [7, 11) is -9.69. The maximum Gasteiger partial charge on any atom is 0.549 e. The second kappa shape index (κ2) is 14.8. The van der Waals surface area contributed by atoms with Gasteiger partial charge >= 0.3 is 41.0 Å². The summed E-state index contributed by atoms with van der Waals surface area (Å²) >= 11 is 0. The van der Waals surface area contributed by atoms with Crippen molar-refractivity contribution in [3.63, 3.8) is 0 Å². The Morgan fingerprint density at radius 1 is 0.812 bits per heavy atom. The fourth-order valence-electron chi connectivity index (χ4n) is 1.65. The van der Waals surface area contributed by atoms with E-state index in [9.17, 15) is 38.4 Å². The number of hydrogen-bond donors (Lipinski definition) is 2. The molecule has 1 aliphatic rings. The van der Waals surface area contributed by atoms with Gasteiger partial charge in [-0.15, -0.1) is 8.39 Å². The Hall–Kier alpha value is -0.318. The van der Waals surface area contributed by atoms with Gasteiger partial charge in [-0.3, -0.25) is 9.69 Å². The second-order valence-corrected chi connectivity index (χ2v) is 9.49. The molecule has 0 aliphatic carbocycles. The van der Waals surface area contributed by atoms with Gasteiger partial charge in [0.25, 0.3) is 0 Å². The number of nitrogens with zero attached hydrogens (tertiary/aromatic N) is 3. The fourth-order valence-corrected chi connectivity index (χ4v) is 1.65. The van der Waals surface area contributed by atoms with E-state index in [2.05, 4.69) is 35.8 Å². The molecule has 0 aromatic rings. The van der Waals surface area contributed by atoms with Gasteiger partial charge in [-0.1, -0.05) is 0 Å². The van der Waals surface area contributed by atoms with E-state index in [4.69, 9.17) is 14.6 Å². The molecule has 7 nitrogen and oxygen atoms in total. The molecule has 1 aliphatic heterocycles. The first-order valence-corrected chi connectivity index (χ1v) is 11.9. The molecular weight excluding hydrogens is 540 g/mol. The molecule has 0 atom stereocenters. The minimum atomic E-state index is -10.7. The SMILES string of the molecule is CC(=O)/C=C(/C)O.CN1CCN(C)CCN(C)CC1.F[P-](F)(F)(F)(F)F.O=P(O)(F)F.[Cr]. The van der Waals surface area contributed by atoms with E-state index >= 15 is 0 Å². The smallest absolute Gasteiger partial charge is 0.296 e. The zero-order valence-electron chi connectivity index (χ0n) is 18.2. The largest absolute Gasteiger partial charge is 0.549 e. The summed E-state index contributed by atoms with van der Waals surface area (Å²) in [6.07, 6.45) is 1.17. The van der Waals surface area contributed by atoms with E-state index in [1.54, 1.807) is 0 Å². The molecule has 198 valence electrons. The zero-order chi connectivity index (χ0) is 25.7. The van der Waals surface area contributed by atoms with Crippen LogP contribution in [0.4, 0.5) is 33.6 Å². The van der Waals surface area contributed by atoms with Crippen LogP contribution in [0.2, 0.25) is 0 Å². The van der Waals surface area contributed by atoms with Crippen molar-refractivity contribution in [2.45, 2.75) is 13.8 Å². The summed E-state index contributed by atoms with van der Waals surface area (Å²) in [6, 6.07) is 0. The molecule has 0 spiro atoms. The summed E-state index contributed by atoms with van der Waals surface area (Å²) in [4.78, 5) is 24.0. The Balaban J connectivity index is -0.000000172. The van der Waals surface area contributed by atoms with Crippen LogP contribution in [0.1, 0.15) is 13.8 Å². The van der Waals surface area contributed by atoms with Crippen LogP contribution in [0.15, 0.2) is 11.8 Å². The molecule has 0 unspecified atom stereocenters. The number of allylic oxidation sites excluding steroid dienone is 2. The Labute approximate surface area is 193 Å².